The zero-order valence-electron chi connectivity index (χ0n) is 14.4. The van der Waals surface area contributed by atoms with Crippen LogP contribution in [0.3, 0.4) is 0 Å². The third kappa shape index (κ3) is 4.94. The summed E-state index contributed by atoms with van der Waals surface area (Å²) in [6.45, 7) is 4.55. The highest BCUT2D eigenvalue weighted by Gasteiger charge is 2.16. The fraction of sp³-hybridized carbons (Fsp3) is 0.368. The number of hydrogen-bond donors (Lipinski definition) is 1. The van der Waals surface area contributed by atoms with Crippen molar-refractivity contribution in [3.8, 4) is 0 Å². The van der Waals surface area contributed by atoms with Crippen LogP contribution < -0.4 is 10.2 Å². The topological polar surface area (TPSA) is 48.5 Å². The minimum Gasteiger partial charge on any atom is -0.369 e. The summed E-state index contributed by atoms with van der Waals surface area (Å²) in [6.07, 6.45) is 2.45. The van der Waals surface area contributed by atoms with Crippen LogP contribution in [0.1, 0.15) is 16.1 Å². The molecular weight excluding hydrogens is 336 g/mol. The number of amides is 1. The van der Waals surface area contributed by atoms with Gasteiger partial charge in [0.25, 0.3) is 5.91 Å². The highest BCUT2D eigenvalue weighted by atomic mass is 35.5. The van der Waals surface area contributed by atoms with E-state index in [-0.39, 0.29) is 5.91 Å². The second kappa shape index (κ2) is 8.32. The molecule has 5 nitrogen and oxygen atoms in total. The van der Waals surface area contributed by atoms with Crippen LogP contribution in [0.5, 0.6) is 0 Å². The van der Waals surface area contributed by atoms with Crippen LogP contribution in [0.2, 0.25) is 5.02 Å². The molecule has 0 radical (unpaired) electrons. The predicted octanol–water partition coefficient (Wildman–Crippen LogP) is 2.46. The van der Waals surface area contributed by atoms with E-state index in [0.29, 0.717) is 17.3 Å². The Morgan fingerprint density at radius 1 is 1.20 bits per heavy atom. The molecule has 1 fully saturated rings. The van der Waals surface area contributed by atoms with Crippen LogP contribution in [0.15, 0.2) is 42.6 Å². The highest BCUT2D eigenvalue weighted by molar-refractivity contribution is 6.30. The van der Waals surface area contributed by atoms with E-state index in [4.69, 9.17) is 11.6 Å². The normalized spacial score (nSPS) is 15.2. The van der Waals surface area contributed by atoms with Gasteiger partial charge in [-0.05, 0) is 43.3 Å². The maximum absolute atomic E-state index is 12.4. The Bertz CT molecular complexity index is 729. The predicted molar refractivity (Wildman–Crippen MR) is 101 cm³/mol. The zero-order valence-corrected chi connectivity index (χ0v) is 15.2. The average molecular weight is 359 g/mol. The molecule has 1 amide bonds. The Balaban J connectivity index is 1.56. The fourth-order valence-electron chi connectivity index (χ4n) is 2.91. The lowest BCUT2D eigenvalue weighted by Gasteiger charge is -2.34. The van der Waals surface area contributed by atoms with Crippen molar-refractivity contribution in [2.45, 2.75) is 6.42 Å². The first-order chi connectivity index (χ1) is 12.1. The summed E-state index contributed by atoms with van der Waals surface area (Å²) in [6, 6.07) is 11.5. The molecule has 2 heterocycles. The minimum absolute atomic E-state index is 0.141. The molecule has 1 aromatic carbocycles. The van der Waals surface area contributed by atoms with Crippen molar-refractivity contribution in [1.29, 1.82) is 0 Å². The molecule has 0 unspecified atom stereocenters. The van der Waals surface area contributed by atoms with E-state index in [1.807, 2.05) is 36.4 Å². The monoisotopic (exact) mass is 358 g/mol. The van der Waals surface area contributed by atoms with E-state index in [9.17, 15) is 4.79 Å². The zero-order chi connectivity index (χ0) is 17.6. The Morgan fingerprint density at radius 3 is 2.76 bits per heavy atom. The summed E-state index contributed by atoms with van der Waals surface area (Å²) in [7, 11) is 2.13. The first-order valence-corrected chi connectivity index (χ1v) is 8.92. The minimum atomic E-state index is -0.141. The number of nitrogens with zero attached hydrogens (tertiary/aromatic N) is 3. The van der Waals surface area contributed by atoms with Crippen LogP contribution in [-0.4, -0.2) is 55.6 Å². The number of halogens is 1. The van der Waals surface area contributed by atoms with Crippen molar-refractivity contribution in [2.24, 2.45) is 0 Å². The maximum Gasteiger partial charge on any atom is 0.269 e. The summed E-state index contributed by atoms with van der Waals surface area (Å²) < 4.78 is 0. The summed E-state index contributed by atoms with van der Waals surface area (Å²) >= 11 is 5.98. The van der Waals surface area contributed by atoms with Crippen LogP contribution >= 0.6 is 11.6 Å². The van der Waals surface area contributed by atoms with Crippen molar-refractivity contribution < 1.29 is 4.79 Å². The van der Waals surface area contributed by atoms with Crippen LogP contribution in [0, 0.1) is 0 Å². The van der Waals surface area contributed by atoms with Crippen molar-refractivity contribution in [2.75, 3.05) is 44.7 Å². The van der Waals surface area contributed by atoms with Gasteiger partial charge in [0.15, 0.2) is 0 Å². The molecule has 1 aliphatic rings. The fourth-order valence-corrected chi connectivity index (χ4v) is 3.12. The second-order valence-corrected chi connectivity index (χ2v) is 6.76. The first-order valence-electron chi connectivity index (χ1n) is 8.54. The molecule has 0 spiro atoms. The lowest BCUT2D eigenvalue weighted by atomic mass is 10.1. The van der Waals surface area contributed by atoms with E-state index in [1.165, 1.54) is 0 Å². The molecule has 132 valence electrons. The van der Waals surface area contributed by atoms with Gasteiger partial charge in [-0.3, -0.25) is 9.78 Å². The van der Waals surface area contributed by atoms with Crippen LogP contribution in [0.4, 0.5) is 5.69 Å². The molecule has 6 heteroatoms. The number of likely N-dealkylation sites (N-methyl/N-ethyl adjacent to an activating group) is 1. The molecule has 0 atom stereocenters. The smallest absolute Gasteiger partial charge is 0.269 e. The summed E-state index contributed by atoms with van der Waals surface area (Å²) in [4.78, 5) is 21.2. The average Bonchev–Trinajstić information content (AvgIpc) is 2.62. The maximum atomic E-state index is 12.4. The summed E-state index contributed by atoms with van der Waals surface area (Å²) in [5, 5.41) is 3.65. The van der Waals surface area contributed by atoms with Crippen LogP contribution in [-0.2, 0) is 6.42 Å². The molecule has 0 saturated carbocycles. The number of aromatic nitrogens is 1. The van der Waals surface area contributed by atoms with Gasteiger partial charge in [-0.1, -0.05) is 23.7 Å². The van der Waals surface area contributed by atoms with E-state index < -0.39 is 0 Å². The quantitative estimate of drug-likeness (QED) is 0.892. The van der Waals surface area contributed by atoms with Crippen molar-refractivity contribution in [3.05, 3.63) is 58.9 Å². The number of nitrogens with one attached hydrogen (secondary N) is 1. The molecule has 1 aromatic heterocycles. The third-order valence-corrected chi connectivity index (χ3v) is 4.67. The molecule has 3 rings (SSSR count). The van der Waals surface area contributed by atoms with Crippen LogP contribution in [0.25, 0.3) is 0 Å². The van der Waals surface area contributed by atoms with Gasteiger partial charge in [-0.25, -0.2) is 0 Å². The van der Waals surface area contributed by atoms with Crippen molar-refractivity contribution in [1.82, 2.24) is 15.2 Å². The van der Waals surface area contributed by atoms with Gasteiger partial charge in [-0.15, -0.1) is 0 Å². The number of carbonyl (C=O) groups excluding carboxylic acids is 1. The van der Waals surface area contributed by atoms with Gasteiger partial charge in [-0.2, -0.15) is 0 Å². The van der Waals surface area contributed by atoms with Gasteiger partial charge in [0.1, 0.15) is 5.69 Å². The molecular formula is C19H23ClN4O. The molecule has 0 aliphatic carbocycles. The van der Waals surface area contributed by atoms with Gasteiger partial charge in [0.2, 0.25) is 0 Å². The number of benzene rings is 1. The Kier molecular flexibility index (Phi) is 5.89. The highest BCUT2D eigenvalue weighted by Crippen LogP contribution is 2.16. The SMILES string of the molecule is CN1CCN(c2ccnc(C(=O)NCCc3cccc(Cl)c3)c2)CC1. The number of piperazine rings is 1. The molecule has 1 aliphatic heterocycles. The van der Waals surface area contributed by atoms with Gasteiger partial charge < -0.3 is 15.1 Å². The van der Waals surface area contributed by atoms with Crippen molar-refractivity contribution in [3.63, 3.8) is 0 Å². The number of carbonyl (C=O) groups is 1. The third-order valence-electron chi connectivity index (χ3n) is 4.43. The standard InChI is InChI=1S/C19H23ClN4O/c1-23-9-11-24(12-10-23)17-6-8-21-18(14-17)19(25)22-7-5-15-3-2-4-16(20)13-15/h2-4,6,8,13-14H,5,7,9-12H2,1H3,(H,22,25). The Hall–Kier alpha value is -2.11. The number of anilines is 1. The molecule has 2 aromatic rings. The van der Waals surface area contributed by atoms with Crippen molar-refractivity contribution >= 4 is 23.2 Å². The van der Waals surface area contributed by atoms with Gasteiger partial charge in [0, 0.05) is 49.6 Å². The lowest BCUT2D eigenvalue weighted by Crippen LogP contribution is -2.44. The summed E-state index contributed by atoms with van der Waals surface area (Å²) in [5.41, 5.74) is 2.62. The molecule has 25 heavy (non-hydrogen) atoms. The number of pyridine rings is 1. The number of rotatable bonds is 5. The lowest BCUT2D eigenvalue weighted by molar-refractivity contribution is 0.0949. The van der Waals surface area contributed by atoms with Gasteiger partial charge >= 0.3 is 0 Å². The van der Waals surface area contributed by atoms with E-state index >= 15 is 0 Å². The molecule has 1 saturated heterocycles. The molecule has 1 N–H and O–H groups in total. The Labute approximate surface area is 153 Å². The van der Waals surface area contributed by atoms with Gasteiger partial charge in [0.05, 0.1) is 0 Å². The largest absolute Gasteiger partial charge is 0.369 e. The van der Waals surface area contributed by atoms with E-state index in [2.05, 4.69) is 27.1 Å². The molecule has 0 bridgehead atoms. The summed E-state index contributed by atoms with van der Waals surface area (Å²) in [5.74, 6) is -0.141. The Morgan fingerprint density at radius 2 is 2.00 bits per heavy atom. The van der Waals surface area contributed by atoms with E-state index in [0.717, 1.165) is 43.9 Å². The van der Waals surface area contributed by atoms with E-state index in [1.54, 1.807) is 6.20 Å². The first kappa shape index (κ1) is 17.7. The number of hydrogen-bond acceptors (Lipinski definition) is 4. The second-order valence-electron chi connectivity index (χ2n) is 6.33.